The van der Waals surface area contributed by atoms with Gasteiger partial charge in [-0.25, -0.2) is 0 Å². The van der Waals surface area contributed by atoms with Gasteiger partial charge in [0.25, 0.3) is 0 Å². The molecular formula is C15H22N4S. The molecule has 0 saturated carbocycles. The summed E-state index contributed by atoms with van der Waals surface area (Å²) < 4.78 is 2.03. The van der Waals surface area contributed by atoms with Crippen LogP contribution in [0.25, 0.3) is 0 Å². The Kier molecular flexibility index (Phi) is 4.19. The Morgan fingerprint density at radius 1 is 1.50 bits per heavy atom. The Bertz CT molecular complexity index is 560. The first-order valence-corrected chi connectivity index (χ1v) is 8.21. The van der Waals surface area contributed by atoms with Crippen molar-refractivity contribution in [2.24, 2.45) is 5.73 Å². The molecule has 2 aromatic heterocycles. The molecule has 1 atom stereocenters. The predicted molar refractivity (Wildman–Crippen MR) is 82.7 cm³/mol. The SMILES string of the molecule is CCCn1cc(C(CN)N2CCc3sccc3C2)cn1. The van der Waals surface area contributed by atoms with Gasteiger partial charge >= 0.3 is 0 Å². The Labute approximate surface area is 124 Å². The average Bonchev–Trinajstić information content (AvgIpc) is 3.09. The molecule has 4 nitrogen and oxygen atoms in total. The second-order valence-electron chi connectivity index (χ2n) is 5.38. The van der Waals surface area contributed by atoms with Crippen molar-refractivity contribution in [3.05, 3.63) is 39.8 Å². The standard InChI is InChI=1S/C15H22N4S/c1-2-5-19-11-13(9-17-19)14(8-16)18-6-3-15-12(10-18)4-7-20-15/h4,7,9,11,14H,2-3,5-6,8,10,16H2,1H3. The molecule has 1 unspecified atom stereocenters. The highest BCUT2D eigenvalue weighted by Crippen LogP contribution is 2.29. The Balaban J connectivity index is 1.76. The van der Waals surface area contributed by atoms with Crippen LogP contribution in [-0.2, 0) is 19.5 Å². The Morgan fingerprint density at radius 2 is 2.40 bits per heavy atom. The molecule has 1 aliphatic rings. The lowest BCUT2D eigenvalue weighted by molar-refractivity contribution is 0.185. The van der Waals surface area contributed by atoms with E-state index in [1.54, 1.807) is 4.88 Å². The van der Waals surface area contributed by atoms with Crippen LogP contribution >= 0.6 is 11.3 Å². The maximum Gasteiger partial charge on any atom is 0.0538 e. The largest absolute Gasteiger partial charge is 0.329 e. The summed E-state index contributed by atoms with van der Waals surface area (Å²) in [6.07, 6.45) is 6.39. The third-order valence-corrected chi connectivity index (χ3v) is 5.01. The van der Waals surface area contributed by atoms with Gasteiger partial charge in [0, 0.05) is 42.8 Å². The van der Waals surface area contributed by atoms with Crippen molar-refractivity contribution in [2.75, 3.05) is 13.1 Å². The van der Waals surface area contributed by atoms with E-state index in [4.69, 9.17) is 5.73 Å². The van der Waals surface area contributed by atoms with E-state index in [1.807, 2.05) is 22.2 Å². The highest BCUT2D eigenvalue weighted by Gasteiger charge is 2.25. The van der Waals surface area contributed by atoms with Gasteiger partial charge in [-0.2, -0.15) is 5.10 Å². The summed E-state index contributed by atoms with van der Waals surface area (Å²) >= 11 is 1.88. The summed E-state index contributed by atoms with van der Waals surface area (Å²) in [5, 5.41) is 6.64. The number of aromatic nitrogens is 2. The third kappa shape index (κ3) is 2.66. The van der Waals surface area contributed by atoms with E-state index in [1.165, 1.54) is 11.1 Å². The second kappa shape index (κ2) is 6.08. The lowest BCUT2D eigenvalue weighted by Crippen LogP contribution is -2.37. The van der Waals surface area contributed by atoms with Crippen LogP contribution in [0.4, 0.5) is 0 Å². The molecule has 2 aromatic rings. The van der Waals surface area contributed by atoms with Crippen molar-refractivity contribution < 1.29 is 0 Å². The van der Waals surface area contributed by atoms with Gasteiger partial charge in [0.15, 0.2) is 0 Å². The van der Waals surface area contributed by atoms with Crippen molar-refractivity contribution in [1.29, 1.82) is 0 Å². The van der Waals surface area contributed by atoms with Gasteiger partial charge in [0.2, 0.25) is 0 Å². The molecule has 0 spiro atoms. The van der Waals surface area contributed by atoms with Crippen LogP contribution < -0.4 is 5.73 Å². The number of thiophene rings is 1. The minimum absolute atomic E-state index is 0.286. The van der Waals surface area contributed by atoms with E-state index in [9.17, 15) is 0 Å². The van der Waals surface area contributed by atoms with Gasteiger partial charge in [-0.05, 0) is 29.9 Å². The lowest BCUT2D eigenvalue weighted by Gasteiger charge is -2.33. The fourth-order valence-corrected chi connectivity index (χ4v) is 3.83. The van der Waals surface area contributed by atoms with E-state index in [0.717, 1.165) is 32.5 Å². The van der Waals surface area contributed by atoms with Gasteiger partial charge in [-0.15, -0.1) is 11.3 Å². The maximum atomic E-state index is 6.04. The molecule has 108 valence electrons. The summed E-state index contributed by atoms with van der Waals surface area (Å²) in [6.45, 7) is 5.90. The van der Waals surface area contributed by atoms with E-state index in [0.29, 0.717) is 6.54 Å². The summed E-state index contributed by atoms with van der Waals surface area (Å²) in [5.41, 5.74) is 8.76. The van der Waals surface area contributed by atoms with Gasteiger partial charge in [0.05, 0.1) is 12.2 Å². The van der Waals surface area contributed by atoms with Crippen LogP contribution in [0.2, 0.25) is 0 Å². The van der Waals surface area contributed by atoms with Gasteiger partial charge in [-0.3, -0.25) is 9.58 Å². The summed E-state index contributed by atoms with van der Waals surface area (Å²) in [5.74, 6) is 0. The first kappa shape index (κ1) is 13.8. The van der Waals surface area contributed by atoms with Crippen LogP contribution in [0.15, 0.2) is 23.8 Å². The highest BCUT2D eigenvalue weighted by molar-refractivity contribution is 7.10. The molecule has 0 saturated heterocycles. The molecule has 0 radical (unpaired) electrons. The predicted octanol–water partition coefficient (Wildman–Crippen LogP) is 2.41. The van der Waals surface area contributed by atoms with Crippen LogP contribution in [0.3, 0.4) is 0 Å². The summed E-state index contributed by atoms with van der Waals surface area (Å²) in [6, 6.07) is 2.54. The van der Waals surface area contributed by atoms with Crippen molar-refractivity contribution >= 4 is 11.3 Å². The minimum Gasteiger partial charge on any atom is -0.329 e. The number of fused-ring (bicyclic) bond motifs is 1. The average molecular weight is 290 g/mol. The molecule has 3 rings (SSSR count). The number of hydrogen-bond acceptors (Lipinski definition) is 4. The molecule has 3 heterocycles. The zero-order chi connectivity index (χ0) is 13.9. The highest BCUT2D eigenvalue weighted by atomic mass is 32.1. The minimum atomic E-state index is 0.286. The summed E-state index contributed by atoms with van der Waals surface area (Å²) in [7, 11) is 0. The van der Waals surface area contributed by atoms with E-state index in [2.05, 4.69) is 34.6 Å². The molecule has 0 amide bonds. The third-order valence-electron chi connectivity index (χ3n) is 3.99. The molecule has 0 bridgehead atoms. The molecular weight excluding hydrogens is 268 g/mol. The fraction of sp³-hybridized carbons (Fsp3) is 0.533. The first-order chi connectivity index (χ1) is 9.81. The Morgan fingerprint density at radius 3 is 3.20 bits per heavy atom. The number of rotatable bonds is 5. The van der Waals surface area contributed by atoms with E-state index < -0.39 is 0 Å². The van der Waals surface area contributed by atoms with Crippen LogP contribution in [0.5, 0.6) is 0 Å². The summed E-state index contributed by atoms with van der Waals surface area (Å²) in [4.78, 5) is 4.03. The molecule has 2 N–H and O–H groups in total. The molecule has 5 heteroatoms. The van der Waals surface area contributed by atoms with Crippen molar-refractivity contribution in [3.8, 4) is 0 Å². The maximum absolute atomic E-state index is 6.04. The quantitative estimate of drug-likeness (QED) is 0.920. The van der Waals surface area contributed by atoms with Gasteiger partial charge in [0.1, 0.15) is 0 Å². The molecule has 0 aromatic carbocycles. The van der Waals surface area contributed by atoms with Crippen LogP contribution in [0.1, 0.15) is 35.4 Å². The van der Waals surface area contributed by atoms with Crippen molar-refractivity contribution in [2.45, 2.75) is 38.9 Å². The molecule has 1 aliphatic heterocycles. The van der Waals surface area contributed by atoms with Crippen LogP contribution in [0, 0.1) is 0 Å². The smallest absolute Gasteiger partial charge is 0.0538 e. The van der Waals surface area contributed by atoms with E-state index in [-0.39, 0.29) is 6.04 Å². The number of nitrogens with two attached hydrogens (primary N) is 1. The van der Waals surface area contributed by atoms with Gasteiger partial charge < -0.3 is 5.73 Å². The van der Waals surface area contributed by atoms with Crippen LogP contribution in [-0.4, -0.2) is 27.8 Å². The van der Waals surface area contributed by atoms with Gasteiger partial charge in [-0.1, -0.05) is 6.92 Å². The molecule has 0 fully saturated rings. The number of hydrogen-bond donors (Lipinski definition) is 1. The first-order valence-electron chi connectivity index (χ1n) is 7.33. The Hall–Kier alpha value is -1.17. The topological polar surface area (TPSA) is 47.1 Å². The lowest BCUT2D eigenvalue weighted by atomic mass is 10.0. The second-order valence-corrected chi connectivity index (χ2v) is 6.38. The molecule has 0 aliphatic carbocycles. The van der Waals surface area contributed by atoms with E-state index >= 15 is 0 Å². The molecule has 20 heavy (non-hydrogen) atoms. The van der Waals surface area contributed by atoms with Crippen molar-refractivity contribution in [1.82, 2.24) is 14.7 Å². The fourth-order valence-electron chi connectivity index (χ4n) is 2.94. The number of nitrogens with zero attached hydrogens (tertiary/aromatic N) is 3. The normalized spacial score (nSPS) is 17.1. The zero-order valence-corrected chi connectivity index (χ0v) is 12.8. The number of aryl methyl sites for hydroxylation is 1. The van der Waals surface area contributed by atoms with Crippen molar-refractivity contribution in [3.63, 3.8) is 0 Å². The zero-order valence-electron chi connectivity index (χ0n) is 12.0. The monoisotopic (exact) mass is 290 g/mol.